The minimum Gasteiger partial charge on any atom is -0.366 e. The Morgan fingerprint density at radius 1 is 1.18 bits per heavy atom. The molecule has 4 nitrogen and oxygen atoms in total. The lowest BCUT2D eigenvalue weighted by Gasteiger charge is -2.13. The summed E-state index contributed by atoms with van der Waals surface area (Å²) in [5.41, 5.74) is 7.00. The van der Waals surface area contributed by atoms with Crippen molar-refractivity contribution in [1.29, 1.82) is 0 Å². The molecule has 1 rings (SSSR count). The highest BCUT2D eigenvalue weighted by molar-refractivity contribution is 8.02. The number of amides is 2. The third-order valence-electron chi connectivity index (χ3n) is 3.56. The number of nitrogens with one attached hydrogen (secondary N) is 1. The number of hydrogen-bond acceptors (Lipinski definition) is 3. The molecular weight excluding hydrogens is 392 g/mol. The molecule has 0 spiro atoms. The summed E-state index contributed by atoms with van der Waals surface area (Å²) in [5.74, 6) is -0.906. The van der Waals surface area contributed by atoms with Crippen LogP contribution in [0.25, 0.3) is 0 Å². The van der Waals surface area contributed by atoms with E-state index < -0.39 is 5.91 Å². The predicted octanol–water partition coefficient (Wildman–Crippen LogP) is 5.62. The molecule has 1 aromatic rings. The van der Waals surface area contributed by atoms with Gasteiger partial charge in [-0.25, -0.2) is 0 Å². The van der Waals surface area contributed by atoms with Crippen molar-refractivity contribution >= 4 is 35.2 Å². The van der Waals surface area contributed by atoms with Crippen molar-refractivity contribution in [2.75, 3.05) is 6.26 Å². The lowest BCUT2D eigenvalue weighted by molar-refractivity contribution is -0.114. The Balaban J connectivity index is 0.00000165. The Bertz CT molecular complexity index is 746. The molecule has 2 amide bonds. The molecule has 28 heavy (non-hydrogen) atoms. The van der Waals surface area contributed by atoms with Crippen LogP contribution < -0.4 is 11.1 Å². The highest BCUT2D eigenvalue weighted by Gasteiger charge is 2.17. The second kappa shape index (κ2) is 14.8. The number of rotatable bonds is 8. The molecule has 0 heterocycles. The summed E-state index contributed by atoms with van der Waals surface area (Å²) in [4.78, 5) is 24.2. The Morgan fingerprint density at radius 3 is 2.18 bits per heavy atom. The minimum atomic E-state index is -0.580. The van der Waals surface area contributed by atoms with Crippen LogP contribution in [0, 0.1) is 0 Å². The Kier molecular flexibility index (Phi) is 13.6. The van der Waals surface area contributed by atoms with Gasteiger partial charge < -0.3 is 11.1 Å². The van der Waals surface area contributed by atoms with Gasteiger partial charge in [-0.3, -0.25) is 9.59 Å². The van der Waals surface area contributed by atoms with Crippen molar-refractivity contribution in [3.63, 3.8) is 0 Å². The molecular formula is C22H29ClN2O2S. The van der Waals surface area contributed by atoms with Crippen molar-refractivity contribution in [1.82, 2.24) is 5.32 Å². The molecule has 0 atom stereocenters. The molecule has 0 saturated heterocycles. The van der Waals surface area contributed by atoms with Gasteiger partial charge in [-0.1, -0.05) is 35.9 Å². The first-order valence-corrected chi connectivity index (χ1v) is 10.4. The second-order valence-corrected chi connectivity index (χ2v) is 6.91. The lowest BCUT2D eigenvalue weighted by atomic mass is 10.1. The number of carbonyl (C=O) groups excluding carboxylic acids is 2. The normalized spacial score (nSPS) is 12.0. The molecule has 0 aromatic heterocycles. The number of allylic oxidation sites excluding steroid dienone is 4. The fourth-order valence-corrected chi connectivity index (χ4v) is 2.78. The zero-order chi connectivity index (χ0) is 21.5. The van der Waals surface area contributed by atoms with Crippen LogP contribution >= 0.6 is 23.4 Å². The number of benzene rings is 1. The molecule has 0 saturated carbocycles. The van der Waals surface area contributed by atoms with Gasteiger partial charge in [-0.05, 0) is 69.7 Å². The van der Waals surface area contributed by atoms with E-state index in [0.29, 0.717) is 21.2 Å². The molecule has 3 N–H and O–H groups in total. The minimum absolute atomic E-state index is 0.314. The Labute approximate surface area is 177 Å². The van der Waals surface area contributed by atoms with Crippen molar-refractivity contribution in [3.8, 4) is 0 Å². The van der Waals surface area contributed by atoms with Gasteiger partial charge in [0.05, 0.1) is 10.6 Å². The molecule has 152 valence electrons. The largest absolute Gasteiger partial charge is 0.366 e. The van der Waals surface area contributed by atoms with Gasteiger partial charge in [-0.15, -0.1) is 18.3 Å². The zero-order valence-electron chi connectivity index (χ0n) is 16.9. The van der Waals surface area contributed by atoms with E-state index in [4.69, 9.17) is 17.3 Å². The summed E-state index contributed by atoms with van der Waals surface area (Å²) in [6, 6.07) is 6.50. The van der Waals surface area contributed by atoms with Crippen LogP contribution in [0.2, 0.25) is 5.02 Å². The number of carbonyl (C=O) groups is 2. The van der Waals surface area contributed by atoms with Gasteiger partial charge >= 0.3 is 0 Å². The maximum Gasteiger partial charge on any atom is 0.256 e. The van der Waals surface area contributed by atoms with Crippen molar-refractivity contribution in [2.24, 2.45) is 5.73 Å². The molecule has 0 unspecified atom stereocenters. The molecule has 0 bridgehead atoms. The number of nitrogens with two attached hydrogens (primary N) is 1. The van der Waals surface area contributed by atoms with Crippen molar-refractivity contribution < 1.29 is 9.59 Å². The van der Waals surface area contributed by atoms with E-state index >= 15 is 0 Å². The van der Waals surface area contributed by atoms with Gasteiger partial charge in [0.2, 0.25) is 0 Å². The van der Waals surface area contributed by atoms with E-state index in [1.54, 1.807) is 43.5 Å². The van der Waals surface area contributed by atoms with E-state index in [1.165, 1.54) is 11.8 Å². The highest BCUT2D eigenvalue weighted by atomic mass is 35.5. The van der Waals surface area contributed by atoms with Gasteiger partial charge in [0, 0.05) is 10.6 Å². The van der Waals surface area contributed by atoms with Crippen LogP contribution in [0.3, 0.4) is 0 Å². The highest BCUT2D eigenvalue weighted by Crippen LogP contribution is 2.22. The first kappa shape index (κ1) is 25.8. The van der Waals surface area contributed by atoms with Crippen LogP contribution in [0.1, 0.15) is 44.0 Å². The molecule has 0 fully saturated rings. The first-order chi connectivity index (χ1) is 13.3. The summed E-state index contributed by atoms with van der Waals surface area (Å²) in [5, 5.41) is 3.73. The smallest absolute Gasteiger partial charge is 0.256 e. The zero-order valence-corrected chi connectivity index (χ0v) is 18.5. The van der Waals surface area contributed by atoms with E-state index in [0.717, 1.165) is 18.4 Å². The van der Waals surface area contributed by atoms with Gasteiger partial charge in [0.1, 0.15) is 0 Å². The fourth-order valence-electron chi connectivity index (χ4n) is 2.00. The maximum absolute atomic E-state index is 12.3. The van der Waals surface area contributed by atoms with E-state index in [9.17, 15) is 9.59 Å². The van der Waals surface area contributed by atoms with Gasteiger partial charge in [-0.2, -0.15) is 0 Å². The van der Waals surface area contributed by atoms with Crippen LogP contribution in [-0.2, 0) is 4.79 Å². The average molecular weight is 421 g/mol. The van der Waals surface area contributed by atoms with Crippen molar-refractivity contribution in [3.05, 3.63) is 81.9 Å². The molecule has 0 aliphatic carbocycles. The topological polar surface area (TPSA) is 72.2 Å². The Hall–Kier alpha value is -2.24. The summed E-state index contributed by atoms with van der Waals surface area (Å²) in [7, 11) is 0. The summed E-state index contributed by atoms with van der Waals surface area (Å²) in [6.07, 6.45) is 11.0. The van der Waals surface area contributed by atoms with E-state index in [-0.39, 0.29) is 5.91 Å². The van der Waals surface area contributed by atoms with Crippen LogP contribution in [-0.4, -0.2) is 18.1 Å². The van der Waals surface area contributed by atoms with E-state index in [1.807, 2.05) is 32.1 Å². The summed E-state index contributed by atoms with van der Waals surface area (Å²) >= 11 is 7.08. The second-order valence-electron chi connectivity index (χ2n) is 5.65. The number of thioether (sulfide) groups is 1. The first-order valence-electron chi connectivity index (χ1n) is 8.82. The number of hydrogen-bond donors (Lipinski definition) is 2. The van der Waals surface area contributed by atoms with Crippen LogP contribution in [0.15, 0.2) is 71.3 Å². The predicted molar refractivity (Wildman–Crippen MR) is 122 cm³/mol. The van der Waals surface area contributed by atoms with Crippen LogP contribution in [0.4, 0.5) is 0 Å². The Morgan fingerprint density at radius 2 is 1.75 bits per heavy atom. The van der Waals surface area contributed by atoms with Gasteiger partial charge in [0.25, 0.3) is 11.8 Å². The third-order valence-corrected chi connectivity index (χ3v) is 4.53. The summed E-state index contributed by atoms with van der Waals surface area (Å²) < 4.78 is 0. The standard InChI is InChI=1S/C18H21ClN2O2S.C4H8/c1-4-5-6-7-12(2)15(16(20)22)18(24-3)21-17(23)13-8-10-14(19)11-9-13;1-3-4-2/h4,7-11H,1,5-6H2,2-3H3,(H2,20,22)(H,21,23);3-4H,1-2H3/b12-7+,18-15+;4-3-. The van der Waals surface area contributed by atoms with Crippen molar-refractivity contribution in [2.45, 2.75) is 33.6 Å². The quantitative estimate of drug-likeness (QED) is 0.248. The SMILES string of the molecule is C/C=C\C.C=CCC/C=C(C)/C(C(N)=O)=C(/NC(=O)c1ccc(Cl)cc1)SC. The third kappa shape index (κ3) is 9.62. The molecule has 0 radical (unpaired) electrons. The number of halogens is 1. The molecule has 1 aromatic carbocycles. The molecule has 0 aliphatic heterocycles. The monoisotopic (exact) mass is 420 g/mol. The number of primary amides is 1. The maximum atomic E-state index is 12.3. The van der Waals surface area contributed by atoms with E-state index in [2.05, 4.69) is 11.9 Å². The molecule has 0 aliphatic rings. The van der Waals surface area contributed by atoms with Crippen LogP contribution in [0.5, 0.6) is 0 Å². The lowest BCUT2D eigenvalue weighted by Crippen LogP contribution is -2.26. The summed E-state index contributed by atoms with van der Waals surface area (Å²) in [6.45, 7) is 9.46. The number of unbranched alkanes of at least 4 members (excludes halogenated alkanes) is 1. The fraction of sp³-hybridized carbons (Fsp3) is 0.273. The average Bonchev–Trinajstić information content (AvgIpc) is 2.67. The van der Waals surface area contributed by atoms with Gasteiger partial charge in [0.15, 0.2) is 0 Å². The molecule has 6 heteroatoms.